The van der Waals surface area contributed by atoms with E-state index in [1.165, 1.54) is 19.1 Å². The monoisotopic (exact) mass is 399 g/mol. The number of nitrogens with one attached hydrogen (secondary N) is 2. The van der Waals surface area contributed by atoms with Crippen molar-refractivity contribution in [2.45, 2.75) is 25.7 Å². The molecule has 2 aliphatic rings. The molecule has 7 nitrogen and oxygen atoms in total. The van der Waals surface area contributed by atoms with E-state index in [-0.39, 0.29) is 0 Å². The van der Waals surface area contributed by atoms with Gasteiger partial charge in [0.25, 0.3) is 0 Å². The van der Waals surface area contributed by atoms with Crippen LogP contribution in [0.4, 0.5) is 5.82 Å². The zero-order valence-electron chi connectivity index (χ0n) is 16.0. The quantitative estimate of drug-likeness (QED) is 0.797. The van der Waals surface area contributed by atoms with Crippen molar-refractivity contribution in [3.8, 4) is 0 Å². The smallest absolute Gasteiger partial charge is 0.171 e. The molecule has 0 unspecified atom stereocenters. The first-order valence-corrected chi connectivity index (χ1v) is 11.6. The Labute approximate surface area is 165 Å². The molecule has 1 aliphatic heterocycles. The SMILES string of the molecule is CS(=O)(=O)C1=CC=C(c2cc3nccnc3c(NC[C@@H]3CCCNC3)n2)CC1. The number of anilines is 1. The van der Waals surface area contributed by atoms with Crippen molar-refractivity contribution in [2.75, 3.05) is 31.2 Å². The summed E-state index contributed by atoms with van der Waals surface area (Å²) >= 11 is 0. The molecule has 148 valence electrons. The summed E-state index contributed by atoms with van der Waals surface area (Å²) < 4.78 is 23.5. The second kappa shape index (κ2) is 7.97. The Morgan fingerprint density at radius 2 is 2.07 bits per heavy atom. The van der Waals surface area contributed by atoms with Crippen LogP contribution in [0.25, 0.3) is 16.6 Å². The highest BCUT2D eigenvalue weighted by Gasteiger charge is 2.19. The maximum absolute atomic E-state index is 11.7. The standard InChI is InChI=1S/C20H25N5O2S/c1-28(26,27)16-6-4-15(5-7-16)17-11-18-19(23-10-9-22-18)20(25-17)24-13-14-3-2-8-21-12-14/h4,6,9-11,14,21H,2-3,5,7-8,12-13H2,1H3,(H,24,25)/t14-/m1/s1. The molecular formula is C20H25N5O2S. The van der Waals surface area contributed by atoms with Crippen LogP contribution in [-0.4, -0.2) is 49.3 Å². The molecule has 1 atom stereocenters. The molecule has 2 aromatic rings. The van der Waals surface area contributed by atoms with Gasteiger partial charge in [-0.1, -0.05) is 6.08 Å². The molecule has 0 spiro atoms. The number of rotatable bonds is 5. The van der Waals surface area contributed by atoms with Crippen LogP contribution in [0.5, 0.6) is 0 Å². The van der Waals surface area contributed by atoms with Crippen LogP contribution in [-0.2, 0) is 9.84 Å². The fourth-order valence-corrected chi connectivity index (χ4v) is 4.53. The van der Waals surface area contributed by atoms with E-state index in [9.17, 15) is 8.42 Å². The third-order valence-corrected chi connectivity index (χ3v) is 6.62. The predicted molar refractivity (Wildman–Crippen MR) is 112 cm³/mol. The maximum Gasteiger partial charge on any atom is 0.171 e. The van der Waals surface area contributed by atoms with Gasteiger partial charge in [0.05, 0.1) is 11.2 Å². The molecule has 0 aromatic carbocycles. The number of hydrogen-bond acceptors (Lipinski definition) is 7. The van der Waals surface area contributed by atoms with Crippen molar-refractivity contribution in [3.05, 3.63) is 41.2 Å². The average Bonchev–Trinajstić information content (AvgIpc) is 2.72. The van der Waals surface area contributed by atoms with Gasteiger partial charge in [-0.05, 0) is 62.4 Å². The van der Waals surface area contributed by atoms with Crippen molar-refractivity contribution in [1.29, 1.82) is 0 Å². The molecule has 2 N–H and O–H groups in total. The van der Waals surface area contributed by atoms with Crippen molar-refractivity contribution in [2.24, 2.45) is 5.92 Å². The summed E-state index contributed by atoms with van der Waals surface area (Å²) in [5.74, 6) is 1.31. The number of allylic oxidation sites excluding steroid dienone is 4. The predicted octanol–water partition coefficient (Wildman–Crippen LogP) is 2.54. The van der Waals surface area contributed by atoms with Crippen LogP contribution in [0.1, 0.15) is 31.4 Å². The summed E-state index contributed by atoms with van der Waals surface area (Å²) in [6, 6.07) is 1.93. The largest absolute Gasteiger partial charge is 0.368 e. The highest BCUT2D eigenvalue weighted by atomic mass is 32.2. The highest BCUT2D eigenvalue weighted by Crippen LogP contribution is 2.30. The van der Waals surface area contributed by atoms with Crippen LogP contribution < -0.4 is 10.6 Å². The summed E-state index contributed by atoms with van der Waals surface area (Å²) in [5, 5.41) is 6.91. The van der Waals surface area contributed by atoms with Crippen molar-refractivity contribution in [1.82, 2.24) is 20.3 Å². The second-order valence-corrected chi connectivity index (χ2v) is 9.54. The molecule has 1 saturated heterocycles. The first kappa shape index (κ1) is 19.0. The second-order valence-electron chi connectivity index (χ2n) is 7.47. The molecule has 1 aliphatic carbocycles. The molecule has 3 heterocycles. The van der Waals surface area contributed by atoms with Gasteiger partial charge in [-0.2, -0.15) is 0 Å². The molecule has 0 amide bonds. The van der Waals surface area contributed by atoms with Crippen LogP contribution >= 0.6 is 0 Å². The number of sulfone groups is 1. The zero-order valence-corrected chi connectivity index (χ0v) is 16.8. The fourth-order valence-electron chi connectivity index (χ4n) is 3.74. The molecule has 1 fully saturated rings. The van der Waals surface area contributed by atoms with Crippen LogP contribution in [0.3, 0.4) is 0 Å². The third kappa shape index (κ3) is 4.23. The summed E-state index contributed by atoms with van der Waals surface area (Å²) in [4.78, 5) is 14.2. The van der Waals surface area contributed by atoms with E-state index in [1.54, 1.807) is 18.5 Å². The van der Waals surface area contributed by atoms with Crippen LogP contribution in [0, 0.1) is 5.92 Å². The molecule has 0 saturated carbocycles. The summed E-state index contributed by atoms with van der Waals surface area (Å²) in [6.07, 6.45) is 11.7. The van der Waals surface area contributed by atoms with Crippen molar-refractivity contribution < 1.29 is 8.42 Å². The lowest BCUT2D eigenvalue weighted by Crippen LogP contribution is -2.33. The van der Waals surface area contributed by atoms with Crippen LogP contribution in [0.2, 0.25) is 0 Å². The van der Waals surface area contributed by atoms with Gasteiger partial charge in [0, 0.05) is 30.1 Å². The van der Waals surface area contributed by atoms with Gasteiger partial charge < -0.3 is 10.6 Å². The Balaban J connectivity index is 1.64. The Morgan fingerprint density at radius 1 is 1.21 bits per heavy atom. The van der Waals surface area contributed by atoms with Gasteiger partial charge >= 0.3 is 0 Å². The molecule has 4 rings (SSSR count). The third-order valence-electron chi connectivity index (χ3n) is 5.33. The molecule has 8 heteroatoms. The number of fused-ring (bicyclic) bond motifs is 1. The fraction of sp³-hybridized carbons (Fsp3) is 0.450. The zero-order chi connectivity index (χ0) is 19.6. The summed E-state index contributed by atoms with van der Waals surface area (Å²) in [7, 11) is -3.14. The average molecular weight is 400 g/mol. The molecule has 28 heavy (non-hydrogen) atoms. The number of pyridine rings is 1. The minimum absolute atomic E-state index is 0.472. The molecule has 0 radical (unpaired) electrons. The van der Waals surface area contributed by atoms with E-state index in [0.29, 0.717) is 23.7 Å². The topological polar surface area (TPSA) is 96.9 Å². The minimum Gasteiger partial charge on any atom is -0.368 e. The van der Waals surface area contributed by atoms with Gasteiger partial charge in [0.15, 0.2) is 15.7 Å². The number of aromatic nitrogens is 3. The van der Waals surface area contributed by atoms with Gasteiger partial charge in [-0.15, -0.1) is 0 Å². The Morgan fingerprint density at radius 3 is 2.79 bits per heavy atom. The van der Waals surface area contributed by atoms with Gasteiger partial charge in [-0.3, -0.25) is 4.98 Å². The lowest BCUT2D eigenvalue weighted by atomic mass is 9.99. The lowest BCUT2D eigenvalue weighted by Gasteiger charge is -2.23. The Kier molecular flexibility index (Phi) is 5.41. The molecule has 2 aromatic heterocycles. The van der Waals surface area contributed by atoms with E-state index in [4.69, 9.17) is 4.98 Å². The van der Waals surface area contributed by atoms with E-state index >= 15 is 0 Å². The van der Waals surface area contributed by atoms with E-state index in [1.807, 2.05) is 12.1 Å². The first-order chi connectivity index (χ1) is 13.5. The van der Waals surface area contributed by atoms with E-state index < -0.39 is 9.84 Å². The van der Waals surface area contributed by atoms with E-state index in [0.717, 1.165) is 47.8 Å². The summed E-state index contributed by atoms with van der Waals surface area (Å²) in [5.41, 5.74) is 3.39. The maximum atomic E-state index is 11.7. The highest BCUT2D eigenvalue weighted by molar-refractivity contribution is 7.94. The molecule has 0 bridgehead atoms. The first-order valence-electron chi connectivity index (χ1n) is 9.67. The Bertz CT molecular complexity index is 1040. The Hall–Kier alpha value is -2.32. The molecular weight excluding hydrogens is 374 g/mol. The van der Waals surface area contributed by atoms with Crippen molar-refractivity contribution in [3.63, 3.8) is 0 Å². The van der Waals surface area contributed by atoms with Crippen LogP contribution in [0.15, 0.2) is 35.5 Å². The number of nitrogens with zero attached hydrogens (tertiary/aromatic N) is 3. The van der Waals surface area contributed by atoms with Gasteiger partial charge in [0.2, 0.25) is 0 Å². The minimum atomic E-state index is -3.14. The lowest BCUT2D eigenvalue weighted by molar-refractivity contribution is 0.392. The van der Waals surface area contributed by atoms with Gasteiger partial charge in [-0.25, -0.2) is 18.4 Å². The number of hydrogen-bond donors (Lipinski definition) is 2. The number of piperidine rings is 1. The normalized spacial score (nSPS) is 20.5. The van der Waals surface area contributed by atoms with Gasteiger partial charge in [0.1, 0.15) is 5.52 Å². The van der Waals surface area contributed by atoms with E-state index in [2.05, 4.69) is 20.6 Å². The van der Waals surface area contributed by atoms with Crippen molar-refractivity contribution >= 4 is 32.3 Å². The summed E-state index contributed by atoms with van der Waals surface area (Å²) in [6.45, 7) is 2.95.